The van der Waals surface area contributed by atoms with E-state index in [4.69, 9.17) is 0 Å². The number of halogens is 1. The number of anilines is 3. The number of hydrogen-bond acceptors (Lipinski definition) is 4. The van der Waals surface area contributed by atoms with E-state index in [1.807, 2.05) is 6.07 Å². The highest BCUT2D eigenvalue weighted by Crippen LogP contribution is 2.27. The summed E-state index contributed by atoms with van der Waals surface area (Å²) in [6.45, 7) is 3.22. The van der Waals surface area contributed by atoms with E-state index < -0.39 is 11.1 Å². The molecule has 1 unspecified atom stereocenters. The van der Waals surface area contributed by atoms with Gasteiger partial charge in [0.1, 0.15) is 5.82 Å². The number of carbonyl (C=O) groups excluding carboxylic acids is 3. The van der Waals surface area contributed by atoms with E-state index in [9.17, 15) is 18.8 Å². The molecule has 32 heavy (non-hydrogen) atoms. The predicted octanol–water partition coefficient (Wildman–Crippen LogP) is 5.16. The zero-order valence-corrected chi connectivity index (χ0v) is 18.3. The molecule has 3 N–H and O–H groups in total. The Kier molecular flexibility index (Phi) is 7.62. The van der Waals surface area contributed by atoms with Crippen molar-refractivity contribution in [3.8, 4) is 0 Å². The SMILES string of the molecule is CC(=O)Nc1ccc(NC(=O)C(C)Sc2cccc(NC(=O)c3ccc(F)cc3)c2)cc1. The maximum Gasteiger partial charge on any atom is 0.255 e. The maximum atomic E-state index is 13.0. The molecule has 0 saturated carbocycles. The minimum Gasteiger partial charge on any atom is -0.326 e. The molecule has 6 nitrogen and oxygen atoms in total. The third-order valence-electron chi connectivity index (χ3n) is 4.35. The molecule has 0 spiro atoms. The van der Waals surface area contributed by atoms with Gasteiger partial charge in [0.15, 0.2) is 0 Å². The molecule has 0 bridgehead atoms. The van der Waals surface area contributed by atoms with E-state index in [0.717, 1.165) is 4.90 Å². The smallest absolute Gasteiger partial charge is 0.255 e. The van der Waals surface area contributed by atoms with Crippen LogP contribution in [0.5, 0.6) is 0 Å². The predicted molar refractivity (Wildman–Crippen MR) is 125 cm³/mol. The summed E-state index contributed by atoms with van der Waals surface area (Å²) < 4.78 is 13.0. The zero-order chi connectivity index (χ0) is 23.1. The van der Waals surface area contributed by atoms with E-state index in [1.165, 1.54) is 43.0 Å². The van der Waals surface area contributed by atoms with Crippen LogP contribution in [-0.2, 0) is 9.59 Å². The number of amides is 3. The van der Waals surface area contributed by atoms with E-state index in [2.05, 4.69) is 16.0 Å². The van der Waals surface area contributed by atoms with Crippen molar-refractivity contribution in [2.75, 3.05) is 16.0 Å². The summed E-state index contributed by atoms with van der Waals surface area (Å²) in [5.41, 5.74) is 2.20. The summed E-state index contributed by atoms with van der Waals surface area (Å²) in [5, 5.41) is 7.89. The third-order valence-corrected chi connectivity index (χ3v) is 5.45. The number of carbonyl (C=O) groups is 3. The first-order chi connectivity index (χ1) is 15.3. The highest BCUT2D eigenvalue weighted by molar-refractivity contribution is 8.00. The van der Waals surface area contributed by atoms with Crippen molar-refractivity contribution in [3.05, 3.63) is 84.2 Å². The van der Waals surface area contributed by atoms with Gasteiger partial charge in [0.25, 0.3) is 5.91 Å². The Morgan fingerprint density at radius 2 is 1.44 bits per heavy atom. The second kappa shape index (κ2) is 10.6. The summed E-state index contributed by atoms with van der Waals surface area (Å²) in [4.78, 5) is 36.8. The molecule has 3 amide bonds. The molecule has 0 aliphatic heterocycles. The van der Waals surface area contributed by atoms with Crippen LogP contribution in [-0.4, -0.2) is 23.0 Å². The summed E-state index contributed by atoms with van der Waals surface area (Å²) in [6, 6.07) is 19.3. The molecule has 0 fully saturated rings. The number of benzene rings is 3. The minimum atomic E-state index is -0.407. The van der Waals surface area contributed by atoms with Crippen LogP contribution in [0.1, 0.15) is 24.2 Å². The van der Waals surface area contributed by atoms with Gasteiger partial charge in [-0.2, -0.15) is 0 Å². The molecule has 0 saturated heterocycles. The van der Waals surface area contributed by atoms with Gasteiger partial charge in [-0.05, 0) is 73.7 Å². The van der Waals surface area contributed by atoms with Crippen LogP contribution >= 0.6 is 11.8 Å². The van der Waals surface area contributed by atoms with Crippen LogP contribution in [0.25, 0.3) is 0 Å². The van der Waals surface area contributed by atoms with Gasteiger partial charge in [0.05, 0.1) is 5.25 Å². The fourth-order valence-corrected chi connectivity index (χ4v) is 3.72. The number of rotatable bonds is 7. The van der Waals surface area contributed by atoms with Gasteiger partial charge in [-0.15, -0.1) is 11.8 Å². The fraction of sp³-hybridized carbons (Fsp3) is 0.125. The van der Waals surface area contributed by atoms with E-state index >= 15 is 0 Å². The fourth-order valence-electron chi connectivity index (χ4n) is 2.79. The summed E-state index contributed by atoms with van der Waals surface area (Å²) in [6.07, 6.45) is 0. The van der Waals surface area contributed by atoms with Crippen LogP contribution < -0.4 is 16.0 Å². The molecular weight excluding hydrogens is 429 g/mol. The van der Waals surface area contributed by atoms with Crippen molar-refractivity contribution < 1.29 is 18.8 Å². The number of thioether (sulfide) groups is 1. The van der Waals surface area contributed by atoms with Crippen LogP contribution in [0.15, 0.2) is 77.7 Å². The highest BCUT2D eigenvalue weighted by atomic mass is 32.2. The summed E-state index contributed by atoms with van der Waals surface area (Å²) in [7, 11) is 0. The van der Waals surface area contributed by atoms with Crippen molar-refractivity contribution in [2.24, 2.45) is 0 Å². The Morgan fingerprint density at radius 1 is 0.812 bits per heavy atom. The minimum absolute atomic E-state index is 0.164. The lowest BCUT2D eigenvalue weighted by molar-refractivity contribution is -0.115. The van der Waals surface area contributed by atoms with Crippen molar-refractivity contribution in [3.63, 3.8) is 0 Å². The Bertz CT molecular complexity index is 1120. The molecule has 0 aromatic heterocycles. The van der Waals surface area contributed by atoms with Gasteiger partial charge in [-0.3, -0.25) is 14.4 Å². The van der Waals surface area contributed by atoms with Crippen LogP contribution in [0, 0.1) is 5.82 Å². The first-order valence-corrected chi connectivity index (χ1v) is 10.7. The first kappa shape index (κ1) is 23.0. The molecule has 8 heteroatoms. The Hall–Kier alpha value is -3.65. The van der Waals surface area contributed by atoms with Crippen LogP contribution in [0.3, 0.4) is 0 Å². The Labute approximate surface area is 189 Å². The molecule has 0 radical (unpaired) electrons. The Morgan fingerprint density at radius 3 is 2.06 bits per heavy atom. The lowest BCUT2D eigenvalue weighted by Crippen LogP contribution is -2.22. The van der Waals surface area contributed by atoms with E-state index in [1.54, 1.807) is 49.4 Å². The van der Waals surface area contributed by atoms with Crippen LogP contribution in [0.4, 0.5) is 21.5 Å². The quantitative estimate of drug-likeness (QED) is 0.433. The summed E-state index contributed by atoms with van der Waals surface area (Å²) in [5.74, 6) is -1.09. The van der Waals surface area contributed by atoms with Gasteiger partial charge in [0, 0.05) is 34.4 Å². The van der Waals surface area contributed by atoms with Crippen molar-refractivity contribution in [1.82, 2.24) is 0 Å². The second-order valence-corrected chi connectivity index (χ2v) is 8.41. The molecule has 0 aliphatic rings. The largest absolute Gasteiger partial charge is 0.326 e. The molecule has 3 aromatic carbocycles. The molecule has 1 atom stereocenters. The third kappa shape index (κ3) is 6.68. The lowest BCUT2D eigenvalue weighted by Gasteiger charge is -2.13. The van der Waals surface area contributed by atoms with Gasteiger partial charge in [0.2, 0.25) is 11.8 Å². The number of hydrogen-bond donors (Lipinski definition) is 3. The molecule has 0 aliphatic carbocycles. The monoisotopic (exact) mass is 451 g/mol. The molecule has 3 rings (SSSR count). The Balaban J connectivity index is 1.58. The summed E-state index contributed by atoms with van der Waals surface area (Å²) >= 11 is 1.35. The maximum absolute atomic E-state index is 13.0. The standard InChI is InChI=1S/C24H22FN3O3S/c1-15(23(30)27-20-12-10-19(11-13-20)26-16(2)29)32-22-5-3-4-21(14-22)28-24(31)17-6-8-18(25)9-7-17/h3-15H,1-2H3,(H,26,29)(H,27,30)(H,28,31). The molecule has 3 aromatic rings. The van der Waals surface area contributed by atoms with Crippen molar-refractivity contribution >= 4 is 46.5 Å². The van der Waals surface area contributed by atoms with Gasteiger partial charge < -0.3 is 16.0 Å². The van der Waals surface area contributed by atoms with E-state index in [-0.39, 0.29) is 17.7 Å². The zero-order valence-electron chi connectivity index (χ0n) is 17.5. The van der Waals surface area contributed by atoms with Gasteiger partial charge in [-0.1, -0.05) is 6.07 Å². The van der Waals surface area contributed by atoms with Crippen molar-refractivity contribution in [2.45, 2.75) is 24.0 Å². The first-order valence-electron chi connectivity index (χ1n) is 9.82. The normalized spacial score (nSPS) is 11.3. The number of nitrogens with one attached hydrogen (secondary N) is 3. The molecule has 164 valence electrons. The lowest BCUT2D eigenvalue weighted by atomic mass is 10.2. The molecular formula is C24H22FN3O3S. The van der Waals surface area contributed by atoms with E-state index in [0.29, 0.717) is 22.6 Å². The average Bonchev–Trinajstić information content (AvgIpc) is 2.75. The van der Waals surface area contributed by atoms with Crippen LogP contribution in [0.2, 0.25) is 0 Å². The second-order valence-electron chi connectivity index (χ2n) is 7.00. The van der Waals surface area contributed by atoms with Gasteiger partial charge in [-0.25, -0.2) is 4.39 Å². The topological polar surface area (TPSA) is 87.3 Å². The van der Waals surface area contributed by atoms with Gasteiger partial charge >= 0.3 is 0 Å². The average molecular weight is 452 g/mol. The highest BCUT2D eigenvalue weighted by Gasteiger charge is 2.15. The molecule has 0 heterocycles. The van der Waals surface area contributed by atoms with Crippen molar-refractivity contribution in [1.29, 1.82) is 0 Å².